The summed E-state index contributed by atoms with van der Waals surface area (Å²) in [5.74, 6) is 1.79. The van der Waals surface area contributed by atoms with Gasteiger partial charge in [0.1, 0.15) is 5.75 Å². The molecule has 1 N–H and O–H groups in total. The van der Waals surface area contributed by atoms with Crippen LogP contribution in [0.3, 0.4) is 0 Å². The number of rotatable bonds is 2. The summed E-state index contributed by atoms with van der Waals surface area (Å²) in [6, 6.07) is 15.5. The fraction of sp³-hybridized carbons (Fsp3) is 0.581. The minimum absolute atomic E-state index is 0.0967. The van der Waals surface area contributed by atoms with Crippen LogP contribution in [0, 0.1) is 22.7 Å². The monoisotopic (exact) mass is 500 g/mol. The van der Waals surface area contributed by atoms with E-state index in [1.54, 1.807) is 0 Å². The zero-order valence-electron chi connectivity index (χ0n) is 20.6. The van der Waals surface area contributed by atoms with E-state index in [0.29, 0.717) is 40.1 Å². The third-order valence-electron chi connectivity index (χ3n) is 12.5. The van der Waals surface area contributed by atoms with Crippen molar-refractivity contribution in [3.8, 4) is 5.75 Å². The van der Waals surface area contributed by atoms with Gasteiger partial charge >= 0.3 is 0 Å². The molecule has 0 aromatic heterocycles. The Labute approximate surface area is 217 Å². The Kier molecular flexibility index (Phi) is 3.78. The lowest BCUT2D eigenvalue weighted by atomic mass is 9.40. The topological polar surface area (TPSA) is 43.8 Å². The molecule has 2 aromatic rings. The number of piperidine rings is 1. The number of halogens is 1. The minimum Gasteiger partial charge on any atom is -0.508 e. The van der Waals surface area contributed by atoms with Gasteiger partial charge < -0.3 is 10.0 Å². The van der Waals surface area contributed by atoms with Crippen LogP contribution >= 0.6 is 11.6 Å². The normalized spacial score (nSPS) is 43.4. The fourth-order valence-corrected chi connectivity index (χ4v) is 11.9. The number of hydrogen-bond acceptors (Lipinski definition) is 3. The summed E-state index contributed by atoms with van der Waals surface area (Å²) in [6.45, 7) is 2.09. The van der Waals surface area contributed by atoms with E-state index in [9.17, 15) is 9.90 Å². The predicted octanol–water partition coefficient (Wildman–Crippen LogP) is 5.41. The molecule has 36 heavy (non-hydrogen) atoms. The summed E-state index contributed by atoms with van der Waals surface area (Å²) in [4.78, 5) is 19.1. The minimum atomic E-state index is 0.0967. The first-order valence-electron chi connectivity index (χ1n) is 14.1. The molecule has 7 bridgehead atoms. The summed E-state index contributed by atoms with van der Waals surface area (Å²) in [7, 11) is 0. The second kappa shape index (κ2) is 6.50. The van der Waals surface area contributed by atoms with Crippen molar-refractivity contribution in [2.24, 2.45) is 22.7 Å². The molecule has 5 heteroatoms. The number of benzene rings is 2. The highest BCUT2D eigenvalue weighted by atomic mass is 35.5. The van der Waals surface area contributed by atoms with Gasteiger partial charge in [-0.1, -0.05) is 30.2 Å². The van der Waals surface area contributed by atoms with Crippen LogP contribution in [0.2, 0.25) is 5.02 Å². The third-order valence-corrected chi connectivity index (χ3v) is 12.8. The second-order valence-electron chi connectivity index (χ2n) is 13.2. The van der Waals surface area contributed by atoms with Crippen LogP contribution in [0.1, 0.15) is 66.4 Å². The maximum atomic E-state index is 13.9. The Morgan fingerprint density at radius 3 is 2.78 bits per heavy atom. The zero-order chi connectivity index (χ0) is 24.0. The smallest absolute Gasteiger partial charge is 0.254 e. The Morgan fingerprint density at radius 2 is 1.97 bits per heavy atom. The van der Waals surface area contributed by atoms with E-state index in [1.165, 1.54) is 56.2 Å². The van der Waals surface area contributed by atoms with Gasteiger partial charge in [0.15, 0.2) is 0 Å². The average molecular weight is 501 g/mol. The third kappa shape index (κ3) is 2.06. The van der Waals surface area contributed by atoms with Gasteiger partial charge in [0.2, 0.25) is 0 Å². The Morgan fingerprint density at radius 1 is 1.08 bits per heavy atom. The Bertz CT molecular complexity index is 1340. The number of aromatic hydroxyl groups is 1. The van der Waals surface area contributed by atoms with E-state index in [0.717, 1.165) is 31.0 Å². The number of phenols is 1. The molecule has 186 valence electrons. The molecular weight excluding hydrogens is 468 g/mol. The lowest BCUT2D eigenvalue weighted by Crippen LogP contribution is -2.72. The lowest BCUT2D eigenvalue weighted by molar-refractivity contribution is -0.173. The van der Waals surface area contributed by atoms with E-state index in [2.05, 4.69) is 21.9 Å². The summed E-state index contributed by atoms with van der Waals surface area (Å²) in [6.07, 6.45) is 10.1. The highest BCUT2D eigenvalue weighted by Crippen LogP contribution is 2.90. The number of amides is 1. The first-order valence-corrected chi connectivity index (χ1v) is 14.5. The van der Waals surface area contributed by atoms with Gasteiger partial charge in [0.25, 0.3) is 5.91 Å². The van der Waals surface area contributed by atoms with Gasteiger partial charge in [-0.25, -0.2) is 0 Å². The highest BCUT2D eigenvalue weighted by molar-refractivity contribution is 6.31. The van der Waals surface area contributed by atoms with Gasteiger partial charge in [-0.3, -0.25) is 9.69 Å². The van der Waals surface area contributed by atoms with E-state index in [1.807, 2.05) is 30.3 Å². The van der Waals surface area contributed by atoms with E-state index < -0.39 is 0 Å². The van der Waals surface area contributed by atoms with Crippen LogP contribution in [-0.4, -0.2) is 52.0 Å². The van der Waals surface area contributed by atoms with Gasteiger partial charge in [-0.2, -0.15) is 0 Å². The molecule has 2 spiro atoms. The van der Waals surface area contributed by atoms with E-state index in [4.69, 9.17) is 11.6 Å². The van der Waals surface area contributed by atoms with Gasteiger partial charge in [-0.05, 0) is 110 Å². The van der Waals surface area contributed by atoms with Gasteiger partial charge in [0, 0.05) is 46.1 Å². The fourth-order valence-electron chi connectivity index (χ4n) is 11.7. The molecule has 4 saturated carbocycles. The highest BCUT2D eigenvalue weighted by Gasteiger charge is 2.91. The predicted molar refractivity (Wildman–Crippen MR) is 138 cm³/mol. The molecule has 1 amide bonds. The van der Waals surface area contributed by atoms with Crippen molar-refractivity contribution < 1.29 is 9.90 Å². The van der Waals surface area contributed by atoms with Crippen molar-refractivity contribution in [2.75, 3.05) is 13.1 Å². The molecule has 0 radical (unpaired) electrons. The summed E-state index contributed by atoms with van der Waals surface area (Å²) >= 11 is 6.29. The average Bonchev–Trinajstić information content (AvgIpc) is 3.30. The van der Waals surface area contributed by atoms with E-state index >= 15 is 0 Å². The van der Waals surface area contributed by atoms with Crippen LogP contribution in [-0.2, 0) is 11.8 Å². The quantitative estimate of drug-likeness (QED) is 0.599. The summed E-state index contributed by atoms with van der Waals surface area (Å²) < 4.78 is 0. The number of hydrogen-bond donors (Lipinski definition) is 1. The molecule has 6 fully saturated rings. The van der Waals surface area contributed by atoms with Gasteiger partial charge in [0.05, 0.1) is 0 Å². The molecule has 4 nitrogen and oxygen atoms in total. The maximum Gasteiger partial charge on any atom is 0.254 e. The van der Waals surface area contributed by atoms with Crippen molar-refractivity contribution in [1.82, 2.24) is 9.80 Å². The molecule has 2 heterocycles. The standard InChI is InChI=1S/C31H33ClN2O2/c32-20-4-1-3-19(13-20)28(36)34-17-29-16-31-25(29)10-9-24(34)27(29)30(31)11-12-33(21-5-2-6-21)26(31)14-18-7-8-22(35)15-23(18)30/h1,3-4,7-8,13,15,21,24-27,35H,2,5-6,9-12,14,16-17H2/t24?,25?,26?,27?,29-,30?,31?/m0/s1. The number of phenolic OH excluding ortho intramolecular Hbond substituents is 1. The Balaban J connectivity index is 1.21. The SMILES string of the molecule is O=C(c1cccc(Cl)c1)N1C[C@]23CC45C6Cc7ccc(O)cc7C4(CCN6C4CCC4)C2C1CCC53. The molecule has 7 aliphatic rings. The van der Waals surface area contributed by atoms with Crippen molar-refractivity contribution >= 4 is 17.5 Å². The number of nitrogens with zero attached hydrogens (tertiary/aromatic N) is 2. The molecule has 2 aromatic carbocycles. The van der Waals surface area contributed by atoms with Crippen molar-refractivity contribution in [3.63, 3.8) is 0 Å². The van der Waals surface area contributed by atoms with Gasteiger partial charge in [-0.15, -0.1) is 0 Å². The number of carbonyl (C=O) groups is 1. The van der Waals surface area contributed by atoms with Crippen LogP contribution in [0.5, 0.6) is 5.75 Å². The molecular formula is C31H33ClN2O2. The van der Waals surface area contributed by atoms with Crippen LogP contribution in [0.15, 0.2) is 42.5 Å². The van der Waals surface area contributed by atoms with Crippen molar-refractivity contribution in [3.05, 3.63) is 64.2 Å². The first kappa shape index (κ1) is 21.0. The first-order chi connectivity index (χ1) is 17.5. The number of carbonyl (C=O) groups excluding carboxylic acids is 1. The number of fused-ring (bicyclic) bond motifs is 1. The molecule has 7 atom stereocenters. The van der Waals surface area contributed by atoms with E-state index in [-0.39, 0.29) is 16.7 Å². The Hall–Kier alpha value is -2.04. The molecule has 5 aliphatic carbocycles. The largest absolute Gasteiger partial charge is 0.508 e. The molecule has 9 rings (SSSR count). The molecule has 2 aliphatic heterocycles. The maximum absolute atomic E-state index is 13.9. The van der Waals surface area contributed by atoms with Crippen LogP contribution in [0.25, 0.3) is 0 Å². The second-order valence-corrected chi connectivity index (χ2v) is 13.6. The summed E-state index contributed by atoms with van der Waals surface area (Å²) in [5.41, 5.74) is 4.31. The van der Waals surface area contributed by atoms with Crippen molar-refractivity contribution in [2.45, 2.75) is 74.9 Å². The van der Waals surface area contributed by atoms with Crippen LogP contribution < -0.4 is 0 Å². The van der Waals surface area contributed by atoms with Crippen molar-refractivity contribution in [1.29, 1.82) is 0 Å². The molecule has 2 saturated heterocycles. The lowest BCUT2D eigenvalue weighted by Gasteiger charge is -2.69. The number of likely N-dealkylation sites (tertiary alicyclic amines) is 2. The van der Waals surface area contributed by atoms with Crippen LogP contribution in [0.4, 0.5) is 0 Å². The zero-order valence-corrected chi connectivity index (χ0v) is 21.4. The summed E-state index contributed by atoms with van der Waals surface area (Å²) in [5, 5.41) is 11.3. The molecule has 6 unspecified atom stereocenters.